The first kappa shape index (κ1) is 23.9. The number of piperidine rings is 1. The lowest BCUT2D eigenvalue weighted by Gasteiger charge is -2.32. The summed E-state index contributed by atoms with van der Waals surface area (Å²) in [5, 5.41) is 5.87. The van der Waals surface area contributed by atoms with Gasteiger partial charge in [0.1, 0.15) is 11.6 Å². The molecular formula is C24H30F2N6O2S. The first-order valence-electron chi connectivity index (χ1n) is 12.0. The van der Waals surface area contributed by atoms with Crippen LogP contribution in [0.25, 0.3) is 10.9 Å². The molecule has 0 radical (unpaired) electrons. The van der Waals surface area contributed by atoms with Crippen LogP contribution in [0.15, 0.2) is 23.0 Å². The highest BCUT2D eigenvalue weighted by Gasteiger charge is 2.35. The molecule has 0 amide bonds. The zero-order valence-corrected chi connectivity index (χ0v) is 20.6. The molecule has 0 spiro atoms. The lowest BCUT2D eigenvalue weighted by molar-refractivity contribution is -0.0222. The summed E-state index contributed by atoms with van der Waals surface area (Å²) in [5.74, 6) is 0.179. The number of nitrogens with zero attached hydrogens (tertiary/aromatic N) is 5. The fraction of sp³-hybridized carbons (Fsp3) is 0.542. The summed E-state index contributed by atoms with van der Waals surface area (Å²) in [6.07, 6.45) is 3.05. The van der Waals surface area contributed by atoms with Gasteiger partial charge < -0.3 is 24.6 Å². The molecule has 3 aromatic rings. The van der Waals surface area contributed by atoms with Gasteiger partial charge in [-0.15, -0.1) is 11.3 Å². The van der Waals surface area contributed by atoms with Crippen LogP contribution < -0.4 is 19.7 Å². The zero-order valence-electron chi connectivity index (χ0n) is 19.8. The van der Waals surface area contributed by atoms with Crippen LogP contribution in [-0.2, 0) is 0 Å². The molecule has 8 nitrogen and oxygen atoms in total. The van der Waals surface area contributed by atoms with E-state index >= 15 is 0 Å². The Hall–Kier alpha value is -2.79. The Kier molecular flexibility index (Phi) is 7.14. The van der Waals surface area contributed by atoms with E-state index in [9.17, 15) is 8.78 Å². The second-order valence-corrected chi connectivity index (χ2v) is 9.70. The number of ether oxygens (including phenoxy) is 2. The van der Waals surface area contributed by atoms with Crippen LogP contribution in [0.5, 0.6) is 11.5 Å². The molecule has 0 atom stereocenters. The molecule has 5 rings (SSSR count). The highest BCUT2D eigenvalue weighted by atomic mass is 32.1. The summed E-state index contributed by atoms with van der Waals surface area (Å²) < 4.78 is 39.2. The first-order chi connectivity index (χ1) is 17.0. The lowest BCUT2D eigenvalue weighted by Crippen LogP contribution is -2.40. The number of methoxy groups -OCH3 is 1. The van der Waals surface area contributed by atoms with Crippen molar-refractivity contribution in [1.29, 1.82) is 0 Å². The quantitative estimate of drug-likeness (QED) is 0.411. The third kappa shape index (κ3) is 5.72. The molecule has 11 heteroatoms. The van der Waals surface area contributed by atoms with Crippen molar-refractivity contribution in [2.45, 2.75) is 38.0 Å². The molecule has 1 aromatic carbocycles. The van der Waals surface area contributed by atoms with Crippen molar-refractivity contribution >= 4 is 39.8 Å². The Labute approximate surface area is 207 Å². The molecule has 0 aliphatic carbocycles. The summed E-state index contributed by atoms with van der Waals surface area (Å²) >= 11 is 1.47. The number of aromatic nitrogens is 3. The van der Waals surface area contributed by atoms with E-state index in [1.807, 2.05) is 22.4 Å². The van der Waals surface area contributed by atoms with Crippen molar-refractivity contribution in [3.8, 4) is 11.5 Å². The van der Waals surface area contributed by atoms with Gasteiger partial charge in [-0.25, -0.2) is 18.7 Å². The maximum absolute atomic E-state index is 13.7. The van der Waals surface area contributed by atoms with Crippen LogP contribution in [0, 0.1) is 0 Å². The standard InChI is InChI=1S/C24H30F2N6O2S/c1-33-19-13-17-18(14-20(19)34-12-4-9-31-7-2-3-8-31)28-23(32-10-5-24(25,26)6-11-32)30-22(17)29-21-15-35-16-27-21/h13-16H,2-12H2,1H3,(H,28,29,30). The topological polar surface area (TPSA) is 75.6 Å². The van der Waals surface area contributed by atoms with Gasteiger partial charge in [0.25, 0.3) is 5.92 Å². The average Bonchev–Trinajstić information content (AvgIpc) is 3.56. The minimum atomic E-state index is -2.64. The number of anilines is 3. The number of rotatable bonds is 9. The fourth-order valence-electron chi connectivity index (χ4n) is 4.54. The number of alkyl halides is 2. The molecule has 0 bridgehead atoms. The average molecular weight is 505 g/mol. The maximum atomic E-state index is 13.7. The Bertz CT molecular complexity index is 1130. The predicted molar refractivity (Wildman–Crippen MR) is 134 cm³/mol. The van der Waals surface area contributed by atoms with Crippen molar-refractivity contribution in [1.82, 2.24) is 19.9 Å². The summed E-state index contributed by atoms with van der Waals surface area (Å²) in [4.78, 5) is 18.0. The van der Waals surface area contributed by atoms with E-state index in [4.69, 9.17) is 19.4 Å². The number of hydrogen-bond acceptors (Lipinski definition) is 9. The monoisotopic (exact) mass is 504 g/mol. The van der Waals surface area contributed by atoms with Gasteiger partial charge in [0.05, 0.1) is 24.7 Å². The smallest absolute Gasteiger partial charge is 0.251 e. The molecule has 188 valence electrons. The van der Waals surface area contributed by atoms with E-state index in [1.165, 1.54) is 24.2 Å². The number of fused-ring (bicyclic) bond motifs is 1. The van der Waals surface area contributed by atoms with Crippen molar-refractivity contribution in [2.24, 2.45) is 0 Å². The van der Waals surface area contributed by atoms with Crippen LogP contribution >= 0.6 is 11.3 Å². The summed E-state index contributed by atoms with van der Waals surface area (Å²) in [5.41, 5.74) is 2.38. The van der Waals surface area contributed by atoms with Gasteiger partial charge in [-0.05, 0) is 38.4 Å². The molecule has 2 aliphatic heterocycles. The fourth-order valence-corrected chi connectivity index (χ4v) is 5.02. The second kappa shape index (κ2) is 10.4. The minimum absolute atomic E-state index is 0.199. The number of nitrogens with one attached hydrogen (secondary N) is 1. The largest absolute Gasteiger partial charge is 0.493 e. The van der Waals surface area contributed by atoms with E-state index in [-0.39, 0.29) is 25.9 Å². The molecule has 2 saturated heterocycles. The number of hydrogen-bond donors (Lipinski definition) is 1. The molecule has 0 unspecified atom stereocenters. The van der Waals surface area contributed by atoms with E-state index in [0.717, 1.165) is 31.4 Å². The van der Waals surface area contributed by atoms with Crippen molar-refractivity contribution in [3.63, 3.8) is 0 Å². The molecule has 4 heterocycles. The van der Waals surface area contributed by atoms with E-state index in [0.29, 0.717) is 41.2 Å². The first-order valence-corrected chi connectivity index (χ1v) is 13.0. The third-order valence-electron chi connectivity index (χ3n) is 6.50. The van der Waals surface area contributed by atoms with Crippen LogP contribution in [0.3, 0.4) is 0 Å². The van der Waals surface area contributed by atoms with Crippen molar-refractivity contribution in [2.75, 3.05) is 56.7 Å². The second-order valence-electron chi connectivity index (χ2n) is 8.98. The molecular weight excluding hydrogens is 474 g/mol. The SMILES string of the molecule is COc1cc2c(Nc3cscn3)nc(N3CCC(F)(F)CC3)nc2cc1OCCCN1CCCC1. The summed E-state index contributed by atoms with van der Waals surface area (Å²) in [7, 11) is 1.61. The lowest BCUT2D eigenvalue weighted by atomic mass is 10.1. The van der Waals surface area contributed by atoms with Gasteiger partial charge in [0.15, 0.2) is 11.5 Å². The van der Waals surface area contributed by atoms with Gasteiger partial charge in [-0.2, -0.15) is 4.98 Å². The van der Waals surface area contributed by atoms with Gasteiger partial charge in [-0.1, -0.05) is 0 Å². The maximum Gasteiger partial charge on any atom is 0.251 e. The minimum Gasteiger partial charge on any atom is -0.493 e. The van der Waals surface area contributed by atoms with E-state index in [2.05, 4.69) is 15.2 Å². The normalized spacial score (nSPS) is 18.2. The van der Waals surface area contributed by atoms with Crippen LogP contribution in [0.4, 0.5) is 26.4 Å². The van der Waals surface area contributed by atoms with Gasteiger partial charge in [0.2, 0.25) is 5.95 Å². The van der Waals surface area contributed by atoms with Crippen LogP contribution in [0.2, 0.25) is 0 Å². The molecule has 2 aliphatic rings. The number of likely N-dealkylation sites (tertiary alicyclic amines) is 1. The van der Waals surface area contributed by atoms with Crippen LogP contribution in [0.1, 0.15) is 32.1 Å². The Morgan fingerprint density at radius 2 is 1.89 bits per heavy atom. The van der Waals surface area contributed by atoms with E-state index < -0.39 is 5.92 Å². The number of halogens is 2. The Morgan fingerprint density at radius 3 is 2.60 bits per heavy atom. The number of thiazole rings is 1. The molecule has 2 aromatic heterocycles. The predicted octanol–water partition coefficient (Wildman–Crippen LogP) is 4.94. The zero-order chi connectivity index (χ0) is 24.3. The van der Waals surface area contributed by atoms with Crippen molar-refractivity contribution in [3.05, 3.63) is 23.0 Å². The third-order valence-corrected chi connectivity index (χ3v) is 7.09. The Morgan fingerprint density at radius 1 is 1.09 bits per heavy atom. The number of benzene rings is 1. The summed E-state index contributed by atoms with van der Waals surface area (Å²) in [6, 6.07) is 3.70. The highest BCUT2D eigenvalue weighted by Crippen LogP contribution is 2.37. The molecule has 2 fully saturated rings. The molecule has 35 heavy (non-hydrogen) atoms. The van der Waals surface area contributed by atoms with Gasteiger partial charge in [0, 0.05) is 49.3 Å². The summed E-state index contributed by atoms with van der Waals surface area (Å²) in [6.45, 7) is 4.31. The highest BCUT2D eigenvalue weighted by molar-refractivity contribution is 7.07. The Balaban J connectivity index is 1.42. The van der Waals surface area contributed by atoms with Crippen LogP contribution in [-0.4, -0.2) is 72.2 Å². The van der Waals surface area contributed by atoms with Crippen molar-refractivity contribution < 1.29 is 18.3 Å². The molecule has 1 N–H and O–H groups in total. The van der Waals surface area contributed by atoms with Gasteiger partial charge >= 0.3 is 0 Å². The van der Waals surface area contributed by atoms with Gasteiger partial charge in [-0.3, -0.25) is 0 Å². The van der Waals surface area contributed by atoms with E-state index in [1.54, 1.807) is 12.6 Å². The molecule has 0 saturated carbocycles.